The summed E-state index contributed by atoms with van der Waals surface area (Å²) < 4.78 is 11.0. The Morgan fingerprint density at radius 3 is 2.48 bits per heavy atom. The number of primary amides is 1. The first kappa shape index (κ1) is 17.3. The molecule has 0 saturated heterocycles. The second-order valence-electron chi connectivity index (χ2n) is 7.28. The van der Waals surface area contributed by atoms with E-state index in [0.29, 0.717) is 0 Å². The third-order valence-electron chi connectivity index (χ3n) is 5.01. The van der Waals surface area contributed by atoms with Gasteiger partial charge in [-0.15, -0.1) is 0 Å². The lowest BCUT2D eigenvalue weighted by atomic mass is 9.87. The zero-order valence-corrected chi connectivity index (χ0v) is 15.3. The van der Waals surface area contributed by atoms with E-state index in [2.05, 4.69) is 51.1 Å². The van der Waals surface area contributed by atoms with E-state index in [1.165, 1.54) is 11.1 Å². The number of aryl methyl sites for hydroxylation is 1. The van der Waals surface area contributed by atoms with E-state index in [1.54, 1.807) is 7.11 Å². The Balaban J connectivity index is 2.08. The van der Waals surface area contributed by atoms with Crippen molar-refractivity contribution in [3.63, 3.8) is 0 Å². The van der Waals surface area contributed by atoms with Gasteiger partial charge in [0.15, 0.2) is 0 Å². The van der Waals surface area contributed by atoms with Crippen LogP contribution in [0.4, 0.5) is 4.79 Å². The molecule has 25 heavy (non-hydrogen) atoms. The van der Waals surface area contributed by atoms with Crippen molar-refractivity contribution in [1.82, 2.24) is 0 Å². The van der Waals surface area contributed by atoms with E-state index in [9.17, 15) is 4.79 Å². The molecular weight excluding hydrogens is 314 g/mol. The van der Waals surface area contributed by atoms with E-state index in [0.717, 1.165) is 35.3 Å². The molecule has 4 nitrogen and oxygen atoms in total. The molecular formula is C21H25NO3. The van der Waals surface area contributed by atoms with E-state index < -0.39 is 6.09 Å². The van der Waals surface area contributed by atoms with Crippen molar-refractivity contribution in [3.8, 4) is 16.9 Å². The van der Waals surface area contributed by atoms with E-state index in [1.807, 2.05) is 6.07 Å². The summed E-state index contributed by atoms with van der Waals surface area (Å²) in [5.74, 6) is 0.777. The van der Waals surface area contributed by atoms with Gasteiger partial charge >= 0.3 is 6.09 Å². The first-order chi connectivity index (χ1) is 11.9. The number of methoxy groups -OCH3 is 1. The van der Waals surface area contributed by atoms with Gasteiger partial charge in [-0.2, -0.15) is 0 Å². The Kier molecular flexibility index (Phi) is 4.46. The Morgan fingerprint density at radius 1 is 1.24 bits per heavy atom. The van der Waals surface area contributed by atoms with Crippen LogP contribution in [0.1, 0.15) is 43.6 Å². The number of ether oxygens (including phenoxy) is 2. The third-order valence-corrected chi connectivity index (χ3v) is 5.01. The van der Waals surface area contributed by atoms with Gasteiger partial charge < -0.3 is 15.2 Å². The minimum absolute atomic E-state index is 0.201. The normalized spacial score (nSPS) is 17.8. The van der Waals surface area contributed by atoms with Crippen molar-refractivity contribution in [3.05, 3.63) is 53.1 Å². The van der Waals surface area contributed by atoms with Crippen LogP contribution in [-0.2, 0) is 17.6 Å². The summed E-state index contributed by atoms with van der Waals surface area (Å²) in [6.45, 7) is 6.32. The maximum absolute atomic E-state index is 11.3. The van der Waals surface area contributed by atoms with Crippen LogP contribution in [0.5, 0.6) is 5.75 Å². The fourth-order valence-corrected chi connectivity index (χ4v) is 3.70. The van der Waals surface area contributed by atoms with Crippen molar-refractivity contribution in [2.45, 2.75) is 39.7 Å². The van der Waals surface area contributed by atoms with Gasteiger partial charge in [0.2, 0.25) is 0 Å². The molecule has 0 heterocycles. The van der Waals surface area contributed by atoms with E-state index in [4.69, 9.17) is 15.2 Å². The molecule has 0 saturated carbocycles. The maximum atomic E-state index is 11.3. The average molecular weight is 339 g/mol. The fraction of sp³-hybridized carbons (Fsp3) is 0.381. The van der Waals surface area contributed by atoms with Crippen molar-refractivity contribution in [2.24, 2.45) is 11.1 Å². The number of nitrogens with two attached hydrogens (primary N) is 1. The number of rotatable bonds is 4. The number of carbonyl (C=O) groups is 1. The Bertz CT molecular complexity index is 794. The second kappa shape index (κ2) is 6.43. The standard InChI is InChI=1S/C21H25NO3/c1-5-13-6-8-14(9-7-13)16-10-15-12-21(2,3)19(25-20(22)23)17(15)11-18(16)24-4/h6-11,19H,5,12H2,1-4H3,(H2,22,23). The van der Waals surface area contributed by atoms with Gasteiger partial charge in [0, 0.05) is 11.0 Å². The highest BCUT2D eigenvalue weighted by atomic mass is 16.6. The predicted molar refractivity (Wildman–Crippen MR) is 98.7 cm³/mol. The van der Waals surface area contributed by atoms with Crippen molar-refractivity contribution in [2.75, 3.05) is 7.11 Å². The number of carbonyl (C=O) groups excluding carboxylic acids is 1. The molecule has 1 unspecified atom stereocenters. The summed E-state index contributed by atoms with van der Waals surface area (Å²) >= 11 is 0. The predicted octanol–water partition coefficient (Wildman–Crippen LogP) is 4.64. The highest BCUT2D eigenvalue weighted by Crippen LogP contribution is 2.50. The highest BCUT2D eigenvalue weighted by Gasteiger charge is 2.42. The van der Waals surface area contributed by atoms with Crippen LogP contribution in [0.15, 0.2) is 36.4 Å². The van der Waals surface area contributed by atoms with Crippen LogP contribution in [0, 0.1) is 5.41 Å². The molecule has 0 fully saturated rings. The summed E-state index contributed by atoms with van der Waals surface area (Å²) in [6.07, 6.45) is 0.737. The lowest BCUT2D eigenvalue weighted by Gasteiger charge is -2.26. The molecule has 2 N–H and O–H groups in total. The summed E-state index contributed by atoms with van der Waals surface area (Å²) in [4.78, 5) is 11.3. The fourth-order valence-electron chi connectivity index (χ4n) is 3.70. The minimum Gasteiger partial charge on any atom is -0.496 e. The molecule has 132 valence electrons. The van der Waals surface area contributed by atoms with Crippen LogP contribution in [-0.4, -0.2) is 13.2 Å². The van der Waals surface area contributed by atoms with Crippen LogP contribution in [0.3, 0.4) is 0 Å². The van der Waals surface area contributed by atoms with Crippen molar-refractivity contribution < 1.29 is 14.3 Å². The SMILES string of the molecule is CCc1ccc(-c2cc3c(cc2OC)C(OC(N)=O)C(C)(C)C3)cc1. The zero-order chi connectivity index (χ0) is 18.2. The number of hydrogen-bond acceptors (Lipinski definition) is 3. The van der Waals surface area contributed by atoms with Crippen molar-refractivity contribution >= 4 is 6.09 Å². The molecule has 0 radical (unpaired) electrons. The molecule has 1 aliphatic carbocycles. The van der Waals surface area contributed by atoms with Crippen LogP contribution < -0.4 is 10.5 Å². The molecule has 3 rings (SSSR count). The molecule has 0 aromatic heterocycles. The van der Waals surface area contributed by atoms with Crippen LogP contribution in [0.2, 0.25) is 0 Å². The molecule has 2 aromatic carbocycles. The lowest BCUT2D eigenvalue weighted by Crippen LogP contribution is -2.25. The quantitative estimate of drug-likeness (QED) is 0.882. The maximum Gasteiger partial charge on any atom is 0.405 e. The van der Waals surface area contributed by atoms with Crippen LogP contribution in [0.25, 0.3) is 11.1 Å². The molecule has 0 bridgehead atoms. The number of benzene rings is 2. The minimum atomic E-state index is -0.746. The van der Waals surface area contributed by atoms with Gasteiger partial charge in [0.1, 0.15) is 11.9 Å². The molecule has 4 heteroatoms. The van der Waals surface area contributed by atoms with Gasteiger partial charge in [-0.25, -0.2) is 4.79 Å². The monoisotopic (exact) mass is 339 g/mol. The molecule has 1 amide bonds. The lowest BCUT2D eigenvalue weighted by molar-refractivity contribution is 0.0391. The molecule has 2 aromatic rings. The second-order valence-corrected chi connectivity index (χ2v) is 7.28. The van der Waals surface area contributed by atoms with Gasteiger partial charge in [0.05, 0.1) is 7.11 Å². The van der Waals surface area contributed by atoms with Crippen LogP contribution >= 0.6 is 0 Å². The molecule has 1 aliphatic rings. The smallest absolute Gasteiger partial charge is 0.405 e. The van der Waals surface area contributed by atoms with Crippen molar-refractivity contribution in [1.29, 1.82) is 0 Å². The van der Waals surface area contributed by atoms with Gasteiger partial charge in [-0.3, -0.25) is 0 Å². The van der Waals surface area contributed by atoms with E-state index >= 15 is 0 Å². The molecule has 1 atom stereocenters. The highest BCUT2D eigenvalue weighted by molar-refractivity contribution is 5.73. The number of hydrogen-bond donors (Lipinski definition) is 1. The van der Waals surface area contributed by atoms with Gasteiger partial charge in [0.25, 0.3) is 0 Å². The Morgan fingerprint density at radius 2 is 1.92 bits per heavy atom. The Hall–Kier alpha value is -2.49. The Labute approximate surface area is 148 Å². The average Bonchev–Trinajstić information content (AvgIpc) is 2.83. The van der Waals surface area contributed by atoms with Gasteiger partial charge in [-0.1, -0.05) is 45.0 Å². The topological polar surface area (TPSA) is 61.6 Å². The third kappa shape index (κ3) is 3.21. The largest absolute Gasteiger partial charge is 0.496 e. The summed E-state index contributed by atoms with van der Waals surface area (Å²) in [5.41, 5.74) is 10.7. The van der Waals surface area contributed by atoms with E-state index in [-0.39, 0.29) is 11.5 Å². The summed E-state index contributed by atoms with van der Waals surface area (Å²) in [6, 6.07) is 12.7. The number of fused-ring (bicyclic) bond motifs is 1. The molecule has 0 spiro atoms. The summed E-state index contributed by atoms with van der Waals surface area (Å²) in [7, 11) is 1.66. The zero-order valence-electron chi connectivity index (χ0n) is 15.3. The number of amides is 1. The van der Waals surface area contributed by atoms with Gasteiger partial charge in [-0.05, 0) is 47.2 Å². The summed E-state index contributed by atoms with van der Waals surface area (Å²) in [5, 5.41) is 0. The molecule has 0 aliphatic heterocycles. The first-order valence-corrected chi connectivity index (χ1v) is 8.62. The first-order valence-electron chi connectivity index (χ1n) is 8.62.